The Kier molecular flexibility index (Phi) is 8.82. The number of fused-ring (bicyclic) bond motifs is 2. The standard InChI is InChI=1S/C34H39N5O4/c1-4-24-22(19-38-33(41)34(36)15-14-21-10-7-8-12-26(21)34)11-9-13-27(24)39-32-23(16-31(35)40)20-37-28-18-30(43-6-3)29(42-5-2)17-25(28)32/h7-13,17-18,20H,4-6,14-16,19,36H2,1-3H3,(H2,35,40)(H,37,39)(H,38,41). The summed E-state index contributed by atoms with van der Waals surface area (Å²) in [6, 6.07) is 17.6. The van der Waals surface area contributed by atoms with Gasteiger partial charge in [0.15, 0.2) is 11.5 Å². The second-order valence-electron chi connectivity index (χ2n) is 10.7. The molecular weight excluding hydrogens is 542 g/mol. The molecule has 0 radical (unpaired) electrons. The molecule has 3 aromatic carbocycles. The molecule has 2 amide bonds. The van der Waals surface area contributed by atoms with Crippen LogP contribution in [-0.4, -0.2) is 30.0 Å². The Morgan fingerprint density at radius 3 is 2.44 bits per heavy atom. The lowest BCUT2D eigenvalue weighted by Gasteiger charge is -2.25. The van der Waals surface area contributed by atoms with E-state index >= 15 is 0 Å². The molecule has 1 atom stereocenters. The highest BCUT2D eigenvalue weighted by molar-refractivity contribution is 5.98. The van der Waals surface area contributed by atoms with Gasteiger partial charge in [-0.15, -0.1) is 0 Å². The number of benzene rings is 3. The second-order valence-corrected chi connectivity index (χ2v) is 10.7. The van der Waals surface area contributed by atoms with Crippen LogP contribution in [0.3, 0.4) is 0 Å². The second kappa shape index (κ2) is 12.7. The summed E-state index contributed by atoms with van der Waals surface area (Å²) in [4.78, 5) is 30.0. The largest absolute Gasteiger partial charge is 0.490 e. The van der Waals surface area contributed by atoms with Crippen molar-refractivity contribution in [2.24, 2.45) is 11.5 Å². The molecule has 1 unspecified atom stereocenters. The molecule has 0 aliphatic heterocycles. The van der Waals surface area contributed by atoms with Gasteiger partial charge in [0, 0.05) is 35.4 Å². The first-order valence-electron chi connectivity index (χ1n) is 14.8. The number of nitrogens with two attached hydrogens (primary N) is 2. The maximum Gasteiger partial charge on any atom is 0.244 e. The minimum atomic E-state index is -1.04. The Balaban J connectivity index is 1.49. The van der Waals surface area contributed by atoms with Crippen molar-refractivity contribution >= 4 is 34.1 Å². The van der Waals surface area contributed by atoms with Crippen LogP contribution in [-0.2, 0) is 40.9 Å². The third kappa shape index (κ3) is 5.99. The molecule has 0 fully saturated rings. The molecule has 4 aromatic rings. The van der Waals surface area contributed by atoms with Crippen molar-refractivity contribution in [2.45, 2.75) is 58.5 Å². The molecule has 1 aliphatic carbocycles. The number of carbonyl (C=O) groups is 2. The molecule has 9 nitrogen and oxygen atoms in total. The first-order valence-corrected chi connectivity index (χ1v) is 14.8. The number of primary amides is 1. The van der Waals surface area contributed by atoms with Crippen LogP contribution >= 0.6 is 0 Å². The SMILES string of the molecule is CCOc1cc2ncc(CC(N)=O)c(Nc3cccc(CNC(=O)C4(N)CCc5ccccc54)c3CC)c2cc1OCC. The van der Waals surface area contributed by atoms with Crippen LogP contribution < -0.4 is 31.6 Å². The minimum absolute atomic E-state index is 0.0136. The number of rotatable bonds is 12. The maximum atomic E-state index is 13.4. The van der Waals surface area contributed by atoms with Gasteiger partial charge in [0.1, 0.15) is 5.54 Å². The van der Waals surface area contributed by atoms with Crippen LogP contribution in [0.5, 0.6) is 11.5 Å². The monoisotopic (exact) mass is 581 g/mol. The first kappa shape index (κ1) is 29.8. The molecule has 6 N–H and O–H groups in total. The van der Waals surface area contributed by atoms with Crippen LogP contribution in [0.4, 0.5) is 11.4 Å². The summed E-state index contributed by atoms with van der Waals surface area (Å²) in [6.45, 7) is 7.17. The van der Waals surface area contributed by atoms with E-state index in [4.69, 9.17) is 20.9 Å². The predicted octanol–water partition coefficient (Wildman–Crippen LogP) is 4.78. The van der Waals surface area contributed by atoms with Gasteiger partial charge >= 0.3 is 0 Å². The molecule has 43 heavy (non-hydrogen) atoms. The van der Waals surface area contributed by atoms with Crippen molar-refractivity contribution in [1.29, 1.82) is 0 Å². The summed E-state index contributed by atoms with van der Waals surface area (Å²) in [5.74, 6) is 0.550. The Bertz CT molecular complexity index is 1670. The molecule has 0 saturated carbocycles. The number of hydrogen-bond donors (Lipinski definition) is 4. The van der Waals surface area contributed by atoms with E-state index in [9.17, 15) is 9.59 Å². The van der Waals surface area contributed by atoms with E-state index in [1.807, 2.05) is 68.4 Å². The topological polar surface area (TPSA) is 142 Å². The first-order chi connectivity index (χ1) is 20.8. The number of aromatic nitrogens is 1. The number of amides is 2. The van der Waals surface area contributed by atoms with Crippen LogP contribution in [0.2, 0.25) is 0 Å². The van der Waals surface area contributed by atoms with Gasteiger partial charge in [-0.25, -0.2) is 0 Å². The summed E-state index contributed by atoms with van der Waals surface area (Å²) in [5.41, 5.74) is 18.2. The zero-order chi connectivity index (χ0) is 30.6. The van der Waals surface area contributed by atoms with Crippen molar-refractivity contribution in [3.8, 4) is 11.5 Å². The summed E-state index contributed by atoms with van der Waals surface area (Å²) >= 11 is 0. The van der Waals surface area contributed by atoms with Gasteiger partial charge in [0.25, 0.3) is 0 Å². The molecule has 9 heteroatoms. The van der Waals surface area contributed by atoms with E-state index in [2.05, 4.69) is 22.5 Å². The summed E-state index contributed by atoms with van der Waals surface area (Å²) in [6.07, 6.45) is 3.75. The number of hydrogen-bond acceptors (Lipinski definition) is 7. The fourth-order valence-corrected chi connectivity index (χ4v) is 5.93. The number of ether oxygens (including phenoxy) is 2. The third-order valence-electron chi connectivity index (χ3n) is 7.99. The fraction of sp³-hybridized carbons (Fsp3) is 0.324. The van der Waals surface area contributed by atoms with Crippen molar-refractivity contribution in [1.82, 2.24) is 10.3 Å². The van der Waals surface area contributed by atoms with Gasteiger partial charge < -0.3 is 31.6 Å². The molecule has 1 heterocycles. The van der Waals surface area contributed by atoms with Gasteiger partial charge in [0.05, 0.1) is 30.8 Å². The normalized spacial score (nSPS) is 15.6. The fourth-order valence-electron chi connectivity index (χ4n) is 5.93. The number of anilines is 2. The number of aryl methyl sites for hydroxylation is 1. The Hall–Kier alpha value is -4.63. The third-order valence-corrected chi connectivity index (χ3v) is 7.99. The van der Waals surface area contributed by atoms with Gasteiger partial charge in [-0.3, -0.25) is 14.6 Å². The Morgan fingerprint density at radius 2 is 1.72 bits per heavy atom. The van der Waals surface area contributed by atoms with E-state index in [1.54, 1.807) is 6.20 Å². The van der Waals surface area contributed by atoms with E-state index in [0.29, 0.717) is 60.9 Å². The average Bonchev–Trinajstić information content (AvgIpc) is 3.35. The molecule has 5 rings (SSSR count). The van der Waals surface area contributed by atoms with Crippen LogP contribution in [0.1, 0.15) is 55.0 Å². The zero-order valence-corrected chi connectivity index (χ0v) is 25.0. The van der Waals surface area contributed by atoms with Gasteiger partial charge in [-0.2, -0.15) is 0 Å². The predicted molar refractivity (Wildman–Crippen MR) is 169 cm³/mol. The van der Waals surface area contributed by atoms with Gasteiger partial charge in [0.2, 0.25) is 11.8 Å². The van der Waals surface area contributed by atoms with Gasteiger partial charge in [-0.1, -0.05) is 43.3 Å². The summed E-state index contributed by atoms with van der Waals surface area (Å²) in [7, 11) is 0. The highest BCUT2D eigenvalue weighted by Gasteiger charge is 2.41. The lowest BCUT2D eigenvalue weighted by Crippen LogP contribution is -2.49. The number of nitrogens with zero attached hydrogens (tertiary/aromatic N) is 1. The van der Waals surface area contributed by atoms with Crippen molar-refractivity contribution in [3.05, 3.63) is 88.6 Å². The highest BCUT2D eigenvalue weighted by atomic mass is 16.5. The quantitative estimate of drug-likeness (QED) is 0.189. The van der Waals surface area contributed by atoms with Crippen molar-refractivity contribution in [3.63, 3.8) is 0 Å². The Morgan fingerprint density at radius 1 is 0.977 bits per heavy atom. The number of carbonyl (C=O) groups excluding carboxylic acids is 2. The van der Waals surface area contributed by atoms with E-state index < -0.39 is 11.4 Å². The molecular formula is C34H39N5O4. The number of nitrogens with one attached hydrogen (secondary N) is 2. The lowest BCUT2D eigenvalue weighted by atomic mass is 9.91. The van der Waals surface area contributed by atoms with E-state index in [0.717, 1.165) is 39.7 Å². The summed E-state index contributed by atoms with van der Waals surface area (Å²) in [5, 5.41) is 7.46. The molecule has 0 spiro atoms. The summed E-state index contributed by atoms with van der Waals surface area (Å²) < 4.78 is 11.7. The van der Waals surface area contributed by atoms with E-state index in [-0.39, 0.29) is 12.3 Å². The minimum Gasteiger partial charge on any atom is -0.490 e. The lowest BCUT2D eigenvalue weighted by molar-refractivity contribution is -0.126. The number of pyridine rings is 1. The zero-order valence-electron chi connectivity index (χ0n) is 25.0. The smallest absolute Gasteiger partial charge is 0.244 e. The van der Waals surface area contributed by atoms with Crippen LogP contribution in [0.25, 0.3) is 10.9 Å². The van der Waals surface area contributed by atoms with Crippen molar-refractivity contribution < 1.29 is 19.1 Å². The molecule has 1 aliphatic rings. The molecule has 0 bridgehead atoms. The Labute approximate surface area is 252 Å². The van der Waals surface area contributed by atoms with Crippen LogP contribution in [0.15, 0.2) is 60.8 Å². The molecule has 0 saturated heterocycles. The highest BCUT2D eigenvalue weighted by Crippen LogP contribution is 2.39. The van der Waals surface area contributed by atoms with E-state index in [1.165, 1.54) is 0 Å². The average molecular weight is 582 g/mol. The molecule has 224 valence electrons. The maximum absolute atomic E-state index is 13.4. The van der Waals surface area contributed by atoms with Crippen LogP contribution in [0, 0.1) is 0 Å². The molecule has 1 aromatic heterocycles. The van der Waals surface area contributed by atoms with Crippen molar-refractivity contribution in [2.75, 3.05) is 18.5 Å². The van der Waals surface area contributed by atoms with Gasteiger partial charge in [-0.05, 0) is 67.5 Å².